The lowest BCUT2D eigenvalue weighted by Gasteiger charge is -2.32. The Morgan fingerprint density at radius 2 is 0.952 bits per heavy atom. The van der Waals surface area contributed by atoms with Crippen LogP contribution in [-0.2, 0) is 0 Å². The van der Waals surface area contributed by atoms with Gasteiger partial charge in [-0.1, -0.05) is 78.9 Å². The van der Waals surface area contributed by atoms with Crippen LogP contribution in [0.1, 0.15) is 39.8 Å². The minimum atomic E-state index is -0.0302. The summed E-state index contributed by atoms with van der Waals surface area (Å²) < 4.78 is 0. The second-order valence-electron chi connectivity index (χ2n) is 5.58. The predicted octanol–water partition coefficient (Wildman–Crippen LogP) is 4.23. The molecular weight excluding hydrogens is 254 g/mol. The van der Waals surface area contributed by atoms with E-state index in [0.29, 0.717) is 0 Å². The highest BCUT2D eigenvalue weighted by molar-refractivity contribution is 5.56. The van der Waals surface area contributed by atoms with E-state index in [1.807, 2.05) is 0 Å². The maximum absolute atomic E-state index is 6.50. The van der Waals surface area contributed by atoms with Gasteiger partial charge >= 0.3 is 0 Å². The van der Waals surface area contributed by atoms with Crippen molar-refractivity contribution >= 4 is 0 Å². The summed E-state index contributed by atoms with van der Waals surface area (Å²) in [7, 11) is 0. The van der Waals surface area contributed by atoms with E-state index >= 15 is 0 Å². The fourth-order valence-corrected chi connectivity index (χ4v) is 3.45. The third kappa shape index (κ3) is 1.90. The Balaban J connectivity index is 2.01. The molecule has 21 heavy (non-hydrogen) atoms. The monoisotopic (exact) mass is 271 g/mol. The van der Waals surface area contributed by atoms with E-state index in [1.54, 1.807) is 0 Å². The molecule has 0 aliphatic heterocycles. The highest BCUT2D eigenvalue weighted by Gasteiger charge is 2.30. The van der Waals surface area contributed by atoms with Gasteiger partial charge in [-0.15, -0.1) is 0 Å². The first kappa shape index (κ1) is 12.4. The van der Waals surface area contributed by atoms with Crippen molar-refractivity contribution in [3.8, 4) is 0 Å². The molecule has 1 nitrogen and oxygen atoms in total. The normalized spacial score (nSPS) is 19.7. The molecule has 0 amide bonds. The molecule has 3 aromatic rings. The van der Waals surface area contributed by atoms with Gasteiger partial charge in [0.2, 0.25) is 0 Å². The van der Waals surface area contributed by atoms with Crippen molar-refractivity contribution in [2.75, 3.05) is 0 Å². The molecule has 0 saturated carbocycles. The van der Waals surface area contributed by atoms with Gasteiger partial charge in [0, 0.05) is 5.92 Å². The number of nitrogens with two attached hydrogens (primary N) is 1. The molecule has 1 heteroatoms. The Morgan fingerprint density at radius 3 is 1.48 bits per heavy atom. The maximum atomic E-state index is 6.50. The molecular formula is C20H17N. The van der Waals surface area contributed by atoms with Crippen LogP contribution in [0.15, 0.2) is 78.9 Å². The van der Waals surface area contributed by atoms with Gasteiger partial charge in [0.1, 0.15) is 0 Å². The van der Waals surface area contributed by atoms with E-state index in [9.17, 15) is 0 Å². The molecule has 0 fully saturated rings. The van der Waals surface area contributed by atoms with Crippen LogP contribution in [0.2, 0.25) is 0 Å². The lowest BCUT2D eigenvalue weighted by molar-refractivity contribution is 0.768. The Morgan fingerprint density at radius 1 is 0.524 bits per heavy atom. The van der Waals surface area contributed by atoms with Crippen molar-refractivity contribution in [1.29, 1.82) is 0 Å². The van der Waals surface area contributed by atoms with E-state index in [4.69, 9.17) is 5.73 Å². The Kier molecular flexibility index (Phi) is 2.87. The maximum Gasteiger partial charge on any atom is 0.0557 e. The smallest absolute Gasteiger partial charge is 0.0557 e. The average Bonchev–Trinajstić information content (AvgIpc) is 2.56. The number of fused-ring (bicyclic) bond motifs is 2. The number of hydrogen-bond donors (Lipinski definition) is 1. The zero-order valence-corrected chi connectivity index (χ0v) is 11.7. The number of rotatable bonds is 1. The van der Waals surface area contributed by atoms with Crippen molar-refractivity contribution in [2.45, 2.75) is 12.0 Å². The molecule has 4 rings (SSSR count). The molecule has 0 heterocycles. The van der Waals surface area contributed by atoms with Crippen molar-refractivity contribution in [3.05, 3.63) is 107 Å². The lowest BCUT2D eigenvalue weighted by Crippen LogP contribution is -2.24. The van der Waals surface area contributed by atoms with Crippen LogP contribution in [0.4, 0.5) is 0 Å². The zero-order valence-electron chi connectivity index (χ0n) is 11.7. The molecule has 0 unspecified atom stereocenters. The van der Waals surface area contributed by atoms with E-state index in [0.717, 1.165) is 0 Å². The van der Waals surface area contributed by atoms with Crippen LogP contribution in [-0.4, -0.2) is 0 Å². The van der Waals surface area contributed by atoms with Crippen LogP contribution >= 0.6 is 0 Å². The second kappa shape index (κ2) is 4.87. The molecule has 0 aromatic heterocycles. The molecule has 0 bridgehead atoms. The van der Waals surface area contributed by atoms with Crippen LogP contribution in [0, 0.1) is 0 Å². The third-order valence-corrected chi connectivity index (χ3v) is 4.42. The van der Waals surface area contributed by atoms with Gasteiger partial charge in [-0.25, -0.2) is 0 Å². The van der Waals surface area contributed by atoms with Crippen molar-refractivity contribution in [2.24, 2.45) is 5.73 Å². The highest BCUT2D eigenvalue weighted by atomic mass is 14.7. The van der Waals surface area contributed by atoms with Gasteiger partial charge in [0.05, 0.1) is 6.04 Å². The Labute approximate surface area is 125 Å². The summed E-state index contributed by atoms with van der Waals surface area (Å²) in [6, 6.07) is 27.8. The van der Waals surface area contributed by atoms with Gasteiger partial charge in [-0.2, -0.15) is 0 Å². The molecule has 1 aliphatic rings. The van der Waals surface area contributed by atoms with Crippen molar-refractivity contribution < 1.29 is 0 Å². The van der Waals surface area contributed by atoms with Gasteiger partial charge in [-0.05, 0) is 27.8 Å². The molecule has 3 aromatic carbocycles. The lowest BCUT2D eigenvalue weighted by atomic mass is 9.73. The molecule has 1 aliphatic carbocycles. The topological polar surface area (TPSA) is 26.0 Å². The summed E-state index contributed by atoms with van der Waals surface area (Å²) >= 11 is 0. The minimum absolute atomic E-state index is 0.0302. The minimum Gasteiger partial charge on any atom is -0.320 e. The molecule has 0 radical (unpaired) electrons. The Bertz CT molecular complexity index is 729. The molecule has 0 spiro atoms. The van der Waals surface area contributed by atoms with Crippen LogP contribution in [0.25, 0.3) is 0 Å². The van der Waals surface area contributed by atoms with Crippen LogP contribution in [0.5, 0.6) is 0 Å². The van der Waals surface area contributed by atoms with Gasteiger partial charge < -0.3 is 5.73 Å². The van der Waals surface area contributed by atoms with Gasteiger partial charge in [-0.3, -0.25) is 0 Å². The SMILES string of the molecule is NC1c2ccccc2C(c2ccccc2)c2ccccc21. The van der Waals surface area contributed by atoms with Gasteiger partial charge in [0.15, 0.2) is 0 Å². The van der Waals surface area contributed by atoms with Crippen molar-refractivity contribution in [1.82, 2.24) is 0 Å². The van der Waals surface area contributed by atoms with E-state index in [2.05, 4.69) is 78.9 Å². The highest BCUT2D eigenvalue weighted by Crippen LogP contribution is 2.44. The van der Waals surface area contributed by atoms with Crippen molar-refractivity contribution in [3.63, 3.8) is 0 Å². The third-order valence-electron chi connectivity index (χ3n) is 4.42. The molecule has 0 atom stereocenters. The summed E-state index contributed by atoms with van der Waals surface area (Å²) in [5.74, 6) is 0.276. The first-order valence-electron chi connectivity index (χ1n) is 7.34. The second-order valence-corrected chi connectivity index (χ2v) is 5.58. The summed E-state index contributed by atoms with van der Waals surface area (Å²) in [5.41, 5.74) is 13.0. The summed E-state index contributed by atoms with van der Waals surface area (Å²) in [5, 5.41) is 0. The average molecular weight is 271 g/mol. The van der Waals surface area contributed by atoms with Crippen LogP contribution in [0.3, 0.4) is 0 Å². The molecule has 102 valence electrons. The quantitative estimate of drug-likeness (QED) is 0.704. The van der Waals surface area contributed by atoms with E-state index in [1.165, 1.54) is 27.8 Å². The summed E-state index contributed by atoms with van der Waals surface area (Å²) in [6.07, 6.45) is 0. The standard InChI is InChI=1S/C20H17N/c21-20-17-12-6-4-10-15(17)19(14-8-2-1-3-9-14)16-11-5-7-13-18(16)20/h1-13,19-20H,21H2. The predicted molar refractivity (Wildman–Crippen MR) is 86.3 cm³/mol. The number of benzene rings is 3. The van der Waals surface area contributed by atoms with Gasteiger partial charge in [0.25, 0.3) is 0 Å². The first-order valence-corrected chi connectivity index (χ1v) is 7.34. The first-order chi connectivity index (χ1) is 10.4. The molecule has 0 saturated heterocycles. The van der Waals surface area contributed by atoms with Crippen LogP contribution < -0.4 is 5.73 Å². The fourth-order valence-electron chi connectivity index (χ4n) is 3.45. The largest absolute Gasteiger partial charge is 0.320 e. The zero-order chi connectivity index (χ0) is 14.2. The fraction of sp³-hybridized carbons (Fsp3) is 0.100. The molecule has 2 N–H and O–H groups in total. The summed E-state index contributed by atoms with van der Waals surface area (Å²) in [4.78, 5) is 0. The number of hydrogen-bond acceptors (Lipinski definition) is 1. The Hall–Kier alpha value is -2.38. The summed E-state index contributed by atoms with van der Waals surface area (Å²) in [6.45, 7) is 0. The van der Waals surface area contributed by atoms with E-state index < -0.39 is 0 Å². The van der Waals surface area contributed by atoms with E-state index in [-0.39, 0.29) is 12.0 Å².